The van der Waals surface area contributed by atoms with Crippen LogP contribution in [0.15, 0.2) is 23.1 Å². The van der Waals surface area contributed by atoms with Gasteiger partial charge < -0.3 is 10.2 Å². The van der Waals surface area contributed by atoms with Crippen LogP contribution in [-0.2, 0) is 14.8 Å². The van der Waals surface area contributed by atoms with Gasteiger partial charge in [0, 0.05) is 13.1 Å². The van der Waals surface area contributed by atoms with E-state index in [0.717, 1.165) is 9.87 Å². The lowest BCUT2D eigenvalue weighted by Gasteiger charge is -2.33. The molecule has 1 heterocycles. The van der Waals surface area contributed by atoms with Crippen LogP contribution in [0.25, 0.3) is 0 Å². The van der Waals surface area contributed by atoms with Gasteiger partial charge in [0.15, 0.2) is 0 Å². The van der Waals surface area contributed by atoms with Crippen LogP contribution in [0.3, 0.4) is 0 Å². The number of aliphatic carboxylic acids is 1. The third-order valence-corrected chi connectivity index (χ3v) is 5.83. The highest BCUT2D eigenvalue weighted by Gasteiger charge is 2.38. The van der Waals surface area contributed by atoms with E-state index in [1.807, 2.05) is 6.92 Å². The summed E-state index contributed by atoms with van der Waals surface area (Å²) >= 11 is 0. The van der Waals surface area contributed by atoms with Crippen molar-refractivity contribution in [1.82, 2.24) is 4.31 Å². The first-order valence-electron chi connectivity index (χ1n) is 6.71. The summed E-state index contributed by atoms with van der Waals surface area (Å²) in [6, 6.07) is 5.04. The standard InChI is InChI=1S/C14H19NO5S/c1-9-3-4-13(10(2)7-9)21(19,20)15-6-5-12(16)11(8-15)14(17)18/h3-4,7,11-12,16H,5-6,8H2,1-2H3,(H,17,18). The van der Waals surface area contributed by atoms with E-state index in [9.17, 15) is 18.3 Å². The third kappa shape index (κ3) is 3.09. The molecule has 0 aromatic heterocycles. The molecule has 0 spiro atoms. The molecule has 1 aliphatic heterocycles. The van der Waals surface area contributed by atoms with Gasteiger partial charge in [0.2, 0.25) is 10.0 Å². The van der Waals surface area contributed by atoms with E-state index < -0.39 is 28.0 Å². The number of piperidine rings is 1. The molecule has 0 radical (unpaired) electrons. The monoisotopic (exact) mass is 313 g/mol. The van der Waals surface area contributed by atoms with Gasteiger partial charge in [-0.1, -0.05) is 17.7 Å². The smallest absolute Gasteiger partial charge is 0.310 e. The van der Waals surface area contributed by atoms with E-state index in [1.54, 1.807) is 25.1 Å². The summed E-state index contributed by atoms with van der Waals surface area (Å²) < 4.78 is 26.4. The van der Waals surface area contributed by atoms with Gasteiger partial charge in [0.25, 0.3) is 0 Å². The summed E-state index contributed by atoms with van der Waals surface area (Å²) in [5.41, 5.74) is 1.59. The SMILES string of the molecule is Cc1ccc(S(=O)(=O)N2CCC(O)C(C(=O)O)C2)c(C)c1. The predicted octanol–water partition coefficient (Wildman–Crippen LogP) is 0.760. The highest BCUT2D eigenvalue weighted by molar-refractivity contribution is 7.89. The van der Waals surface area contributed by atoms with Gasteiger partial charge in [-0.3, -0.25) is 4.79 Å². The summed E-state index contributed by atoms with van der Waals surface area (Å²) in [7, 11) is -3.74. The van der Waals surface area contributed by atoms with Gasteiger partial charge in [-0.2, -0.15) is 4.31 Å². The van der Waals surface area contributed by atoms with Gasteiger partial charge >= 0.3 is 5.97 Å². The normalized spacial score (nSPS) is 24.0. The van der Waals surface area contributed by atoms with Crippen LogP contribution < -0.4 is 0 Å². The molecule has 2 atom stereocenters. The molecule has 1 fully saturated rings. The molecular weight excluding hydrogens is 294 g/mol. The zero-order valence-corrected chi connectivity index (χ0v) is 12.8. The topological polar surface area (TPSA) is 94.9 Å². The first-order chi connectivity index (χ1) is 9.73. The number of hydrogen-bond donors (Lipinski definition) is 2. The summed E-state index contributed by atoms with van der Waals surface area (Å²) in [6.45, 7) is 3.52. The Labute approximate surface area is 124 Å². The summed E-state index contributed by atoms with van der Waals surface area (Å²) in [6.07, 6.45) is -0.880. The fourth-order valence-electron chi connectivity index (χ4n) is 2.60. The van der Waals surface area contributed by atoms with Crippen LogP contribution in [0.2, 0.25) is 0 Å². The highest BCUT2D eigenvalue weighted by atomic mass is 32.2. The molecule has 1 aliphatic rings. The molecule has 0 bridgehead atoms. The minimum absolute atomic E-state index is 0.126. The van der Waals surface area contributed by atoms with Crippen molar-refractivity contribution in [3.63, 3.8) is 0 Å². The quantitative estimate of drug-likeness (QED) is 0.859. The Kier molecular flexibility index (Phi) is 4.36. The first kappa shape index (κ1) is 15.9. The van der Waals surface area contributed by atoms with E-state index in [-0.39, 0.29) is 24.4 Å². The molecular formula is C14H19NO5S. The molecule has 6 nitrogen and oxygen atoms in total. The minimum atomic E-state index is -3.74. The molecule has 1 saturated heterocycles. The Morgan fingerprint density at radius 2 is 2.00 bits per heavy atom. The second-order valence-electron chi connectivity index (χ2n) is 5.43. The van der Waals surface area contributed by atoms with Crippen LogP contribution >= 0.6 is 0 Å². The average molecular weight is 313 g/mol. The van der Waals surface area contributed by atoms with Crippen molar-refractivity contribution >= 4 is 16.0 Å². The molecule has 0 saturated carbocycles. The molecule has 116 valence electrons. The van der Waals surface area contributed by atoms with E-state index in [1.165, 1.54) is 0 Å². The number of hydrogen-bond acceptors (Lipinski definition) is 4. The number of nitrogens with zero attached hydrogens (tertiary/aromatic N) is 1. The maximum Gasteiger partial charge on any atom is 0.310 e. The number of aryl methyl sites for hydroxylation is 2. The van der Waals surface area contributed by atoms with Crippen molar-refractivity contribution in [2.45, 2.75) is 31.3 Å². The summed E-state index contributed by atoms with van der Waals surface area (Å²) in [5.74, 6) is -2.26. The number of benzene rings is 1. The fraction of sp³-hybridized carbons (Fsp3) is 0.500. The zero-order chi connectivity index (χ0) is 15.8. The van der Waals surface area contributed by atoms with E-state index in [2.05, 4.69) is 0 Å². The number of aliphatic hydroxyl groups is 1. The second kappa shape index (κ2) is 5.75. The average Bonchev–Trinajstić information content (AvgIpc) is 2.38. The van der Waals surface area contributed by atoms with Gasteiger partial charge in [-0.25, -0.2) is 8.42 Å². The lowest BCUT2D eigenvalue weighted by molar-refractivity contribution is -0.147. The second-order valence-corrected chi connectivity index (χ2v) is 7.34. The molecule has 1 aromatic carbocycles. The predicted molar refractivity (Wildman–Crippen MR) is 76.4 cm³/mol. The summed E-state index contributed by atoms with van der Waals surface area (Å²) in [5, 5.41) is 18.8. The lowest BCUT2D eigenvalue weighted by atomic mass is 9.96. The van der Waals surface area contributed by atoms with Gasteiger partial charge in [0.05, 0.1) is 16.9 Å². The number of carbonyl (C=O) groups is 1. The Balaban J connectivity index is 2.33. The summed E-state index contributed by atoms with van der Waals surface area (Å²) in [4.78, 5) is 11.3. The van der Waals surface area contributed by atoms with Gasteiger partial charge in [0.1, 0.15) is 0 Å². The maximum absolute atomic E-state index is 12.6. The lowest BCUT2D eigenvalue weighted by Crippen LogP contribution is -2.48. The van der Waals surface area contributed by atoms with Crippen LogP contribution in [0.1, 0.15) is 17.5 Å². The van der Waals surface area contributed by atoms with Crippen LogP contribution in [-0.4, -0.2) is 48.1 Å². The third-order valence-electron chi connectivity index (χ3n) is 3.80. The molecule has 1 aromatic rings. The Morgan fingerprint density at radius 3 is 2.57 bits per heavy atom. The number of sulfonamides is 1. The molecule has 7 heteroatoms. The molecule has 21 heavy (non-hydrogen) atoms. The van der Waals surface area contributed by atoms with E-state index in [0.29, 0.717) is 5.56 Å². The molecule has 0 amide bonds. The fourth-order valence-corrected chi connectivity index (χ4v) is 4.29. The first-order valence-corrected chi connectivity index (χ1v) is 8.16. The van der Waals surface area contributed by atoms with Crippen molar-refractivity contribution in [2.75, 3.05) is 13.1 Å². The Bertz CT molecular complexity index is 655. The van der Waals surface area contributed by atoms with E-state index in [4.69, 9.17) is 5.11 Å². The number of aliphatic hydroxyl groups excluding tert-OH is 1. The number of carboxylic acids is 1. The van der Waals surface area contributed by atoms with Crippen LogP contribution in [0.4, 0.5) is 0 Å². The van der Waals surface area contributed by atoms with Crippen LogP contribution in [0.5, 0.6) is 0 Å². The molecule has 0 aliphatic carbocycles. The Morgan fingerprint density at radius 1 is 1.33 bits per heavy atom. The van der Waals surface area contributed by atoms with Crippen molar-refractivity contribution in [2.24, 2.45) is 5.92 Å². The van der Waals surface area contributed by atoms with Crippen molar-refractivity contribution in [3.8, 4) is 0 Å². The Hall–Kier alpha value is -1.44. The van der Waals surface area contributed by atoms with Gasteiger partial charge in [-0.05, 0) is 31.9 Å². The van der Waals surface area contributed by atoms with Crippen molar-refractivity contribution in [3.05, 3.63) is 29.3 Å². The maximum atomic E-state index is 12.6. The largest absolute Gasteiger partial charge is 0.481 e. The minimum Gasteiger partial charge on any atom is -0.481 e. The number of rotatable bonds is 3. The van der Waals surface area contributed by atoms with Crippen molar-refractivity contribution in [1.29, 1.82) is 0 Å². The van der Waals surface area contributed by atoms with Crippen LogP contribution in [0, 0.1) is 19.8 Å². The van der Waals surface area contributed by atoms with E-state index >= 15 is 0 Å². The number of carboxylic acid groups (broad SMARTS) is 1. The zero-order valence-electron chi connectivity index (χ0n) is 12.0. The highest BCUT2D eigenvalue weighted by Crippen LogP contribution is 2.26. The molecule has 2 unspecified atom stereocenters. The van der Waals surface area contributed by atoms with Crippen molar-refractivity contribution < 1.29 is 23.4 Å². The molecule has 2 rings (SSSR count). The molecule has 2 N–H and O–H groups in total. The van der Waals surface area contributed by atoms with Gasteiger partial charge in [-0.15, -0.1) is 0 Å².